The highest BCUT2D eigenvalue weighted by molar-refractivity contribution is 6.13. The number of benzene rings is 3. The Morgan fingerprint density at radius 3 is 2.31 bits per heavy atom. The van der Waals surface area contributed by atoms with Crippen molar-refractivity contribution in [3.05, 3.63) is 77.6 Å². The lowest BCUT2D eigenvalue weighted by Crippen LogP contribution is -2.65. The van der Waals surface area contributed by atoms with Gasteiger partial charge in [0, 0.05) is 59.5 Å². The second-order valence-corrected chi connectivity index (χ2v) is 13.4. The van der Waals surface area contributed by atoms with Gasteiger partial charge in [-0.3, -0.25) is 9.59 Å². The van der Waals surface area contributed by atoms with Gasteiger partial charge in [-0.15, -0.1) is 0 Å². The summed E-state index contributed by atoms with van der Waals surface area (Å²) in [5.41, 5.74) is 3.73. The van der Waals surface area contributed by atoms with Gasteiger partial charge in [-0.05, 0) is 112 Å². The minimum atomic E-state index is -0.660. The monoisotopic (exact) mass is 609 g/mol. The highest BCUT2D eigenvalue weighted by Crippen LogP contribution is 2.57. The fourth-order valence-electron chi connectivity index (χ4n) is 8.85. The molecule has 8 rings (SSSR count). The summed E-state index contributed by atoms with van der Waals surface area (Å²) < 4.78 is 20.1. The van der Waals surface area contributed by atoms with Gasteiger partial charge in [-0.1, -0.05) is 12.1 Å². The molecule has 0 saturated heterocycles. The van der Waals surface area contributed by atoms with Crippen molar-refractivity contribution in [2.75, 3.05) is 25.0 Å². The van der Waals surface area contributed by atoms with E-state index >= 15 is 0 Å². The van der Waals surface area contributed by atoms with Gasteiger partial charge < -0.3 is 25.1 Å². The van der Waals surface area contributed by atoms with Crippen molar-refractivity contribution in [3.63, 3.8) is 0 Å². The van der Waals surface area contributed by atoms with Crippen LogP contribution in [0.15, 0.2) is 65.1 Å². The molecule has 0 radical (unpaired) electrons. The molecule has 1 aromatic heterocycles. The Morgan fingerprint density at radius 1 is 0.956 bits per heavy atom. The summed E-state index contributed by atoms with van der Waals surface area (Å²) >= 11 is 0. The lowest BCUT2D eigenvalue weighted by molar-refractivity contribution is -0.139. The van der Waals surface area contributed by atoms with Gasteiger partial charge in [0.1, 0.15) is 17.2 Å². The molecule has 0 spiro atoms. The maximum absolute atomic E-state index is 13.8. The molecule has 4 aliphatic rings. The van der Waals surface area contributed by atoms with Gasteiger partial charge in [-0.2, -0.15) is 0 Å². The molecule has 2 amide bonds. The fourth-order valence-corrected chi connectivity index (χ4v) is 8.85. The lowest BCUT2D eigenvalue weighted by atomic mass is 9.51. The molecule has 1 heterocycles. The molecule has 4 saturated carbocycles. The van der Waals surface area contributed by atoms with Crippen molar-refractivity contribution in [2.45, 2.75) is 63.5 Å². The number of hydrogen-bond donors (Lipinski definition) is 3. The van der Waals surface area contributed by atoms with Crippen molar-refractivity contribution in [1.82, 2.24) is 10.6 Å². The first-order valence-corrected chi connectivity index (χ1v) is 16.1. The van der Waals surface area contributed by atoms with E-state index < -0.39 is 5.60 Å². The van der Waals surface area contributed by atoms with Crippen LogP contribution in [-0.2, 0) is 0 Å². The van der Waals surface area contributed by atoms with Crippen LogP contribution in [0.2, 0.25) is 0 Å². The van der Waals surface area contributed by atoms with Gasteiger partial charge in [0.2, 0.25) is 0 Å². The normalized spacial score (nSPS) is 25.0. The summed E-state index contributed by atoms with van der Waals surface area (Å²) in [7, 11) is 1.57. The Balaban J connectivity index is 1.31. The number of halogens is 1. The van der Waals surface area contributed by atoms with Gasteiger partial charge in [0.25, 0.3) is 11.8 Å². The quantitative estimate of drug-likeness (QED) is 0.202. The van der Waals surface area contributed by atoms with Crippen LogP contribution in [0.3, 0.4) is 0 Å². The number of fused-ring (bicyclic) bond motifs is 1. The van der Waals surface area contributed by atoms with E-state index in [2.05, 4.69) is 29.4 Å². The van der Waals surface area contributed by atoms with Crippen molar-refractivity contribution >= 4 is 28.5 Å². The highest BCUT2D eigenvalue weighted by Gasteiger charge is 2.57. The molecule has 4 aliphatic carbocycles. The molecule has 8 heteroatoms. The zero-order valence-electron chi connectivity index (χ0n) is 26.1. The Hall–Kier alpha value is -4.17. The number of carbonyl (C=O) groups is 2. The van der Waals surface area contributed by atoms with E-state index in [1.165, 1.54) is 12.1 Å². The predicted molar refractivity (Wildman–Crippen MR) is 174 cm³/mol. The molecule has 7 nitrogen and oxygen atoms in total. The zero-order chi connectivity index (χ0) is 31.5. The second kappa shape index (κ2) is 11.0. The summed E-state index contributed by atoms with van der Waals surface area (Å²) in [4.78, 5) is 29.3. The number of furan rings is 1. The summed E-state index contributed by atoms with van der Waals surface area (Å²) in [5, 5.41) is 18.0. The second-order valence-electron chi connectivity index (χ2n) is 13.4. The first-order valence-electron chi connectivity index (χ1n) is 16.1. The lowest BCUT2D eigenvalue weighted by Gasteiger charge is -2.60. The van der Waals surface area contributed by atoms with Crippen LogP contribution in [0.5, 0.6) is 0 Å². The minimum Gasteiger partial charge on any atom is -0.455 e. The number of rotatable bonds is 8. The Bertz CT molecular complexity index is 1780. The maximum atomic E-state index is 13.8. The Kier molecular flexibility index (Phi) is 7.23. The van der Waals surface area contributed by atoms with Crippen LogP contribution in [0.1, 0.15) is 73.1 Å². The van der Waals surface area contributed by atoms with Gasteiger partial charge in [-0.25, -0.2) is 4.39 Å². The topological polar surface area (TPSA) is 94.8 Å². The molecule has 3 N–H and O–H groups in total. The van der Waals surface area contributed by atoms with Gasteiger partial charge in [0.15, 0.2) is 0 Å². The average molecular weight is 610 g/mol. The molecular formula is C37H40FN3O4. The van der Waals surface area contributed by atoms with Crippen LogP contribution in [0.4, 0.5) is 10.1 Å². The van der Waals surface area contributed by atoms with Crippen molar-refractivity contribution in [2.24, 2.45) is 11.8 Å². The van der Waals surface area contributed by atoms with Gasteiger partial charge in [0.05, 0.1) is 11.2 Å². The number of anilines is 1. The molecule has 45 heavy (non-hydrogen) atoms. The van der Waals surface area contributed by atoms with Crippen molar-refractivity contribution in [3.8, 4) is 22.5 Å². The van der Waals surface area contributed by atoms with E-state index in [-0.39, 0.29) is 23.2 Å². The van der Waals surface area contributed by atoms with E-state index in [0.717, 1.165) is 62.0 Å². The third-order valence-corrected chi connectivity index (χ3v) is 10.3. The van der Waals surface area contributed by atoms with Crippen LogP contribution in [0.25, 0.3) is 33.4 Å². The standard InChI is InChI=1S/C37H40FN3O4/c1-4-41(5-2)30-16-31-29(32(35(43)39-3)33(45-31)24-9-11-27(38)12-10-24)15-28(30)25-7-6-8-26(14-25)34(42)40-36-17-22-13-23(18-36)20-37(44,19-22)21-36/h6-12,14-16,22-23,44H,4-5,13,17-21H2,1-3H3,(H,39,43)(H,40,42)/t22?,23?,36-,37+. The van der Waals surface area contributed by atoms with E-state index in [1.54, 1.807) is 19.2 Å². The molecule has 2 atom stereocenters. The first kappa shape index (κ1) is 29.5. The zero-order valence-corrected chi connectivity index (χ0v) is 26.1. The summed E-state index contributed by atoms with van der Waals surface area (Å²) in [6.45, 7) is 5.67. The molecule has 4 aromatic rings. The Labute approximate surface area is 262 Å². The van der Waals surface area contributed by atoms with E-state index in [4.69, 9.17) is 4.42 Å². The number of nitrogens with zero attached hydrogens (tertiary/aromatic N) is 1. The molecule has 3 aromatic carbocycles. The van der Waals surface area contributed by atoms with Crippen LogP contribution in [-0.4, -0.2) is 48.2 Å². The molecule has 0 aliphatic heterocycles. The Morgan fingerprint density at radius 2 is 1.67 bits per heavy atom. The predicted octanol–water partition coefficient (Wildman–Crippen LogP) is 6.93. The number of amides is 2. The smallest absolute Gasteiger partial charge is 0.255 e. The van der Waals surface area contributed by atoms with Crippen LogP contribution >= 0.6 is 0 Å². The van der Waals surface area contributed by atoms with Crippen molar-refractivity contribution in [1.29, 1.82) is 0 Å². The van der Waals surface area contributed by atoms with E-state index in [1.807, 2.05) is 36.4 Å². The van der Waals surface area contributed by atoms with E-state index in [0.29, 0.717) is 51.7 Å². The SMILES string of the molecule is CCN(CC)c1cc2oc(-c3ccc(F)cc3)c(C(=O)NC)c2cc1-c1cccc(C(=O)N[C@]23CC4CC(C[C@](O)(C4)C2)C3)c1. The number of hydrogen-bond acceptors (Lipinski definition) is 5. The number of carbonyl (C=O) groups excluding carboxylic acids is 2. The number of nitrogens with one attached hydrogen (secondary N) is 2. The number of aliphatic hydroxyl groups is 1. The summed E-state index contributed by atoms with van der Waals surface area (Å²) in [5.74, 6) is 0.509. The van der Waals surface area contributed by atoms with Crippen LogP contribution < -0.4 is 15.5 Å². The molecule has 4 fully saturated rings. The molecule has 2 unspecified atom stereocenters. The first-order chi connectivity index (χ1) is 21.6. The third-order valence-electron chi connectivity index (χ3n) is 10.3. The molecule has 4 bridgehead atoms. The summed E-state index contributed by atoms with van der Waals surface area (Å²) in [6.07, 6.45) is 5.34. The minimum absolute atomic E-state index is 0.124. The molecule has 234 valence electrons. The maximum Gasteiger partial charge on any atom is 0.255 e. The van der Waals surface area contributed by atoms with Gasteiger partial charge >= 0.3 is 0 Å². The van der Waals surface area contributed by atoms with Crippen molar-refractivity contribution < 1.29 is 23.5 Å². The molecular weight excluding hydrogens is 569 g/mol. The van der Waals surface area contributed by atoms with E-state index in [9.17, 15) is 19.1 Å². The van der Waals surface area contributed by atoms with Crippen LogP contribution in [0, 0.1) is 17.7 Å². The fraction of sp³-hybridized carbons (Fsp3) is 0.405. The average Bonchev–Trinajstić information content (AvgIpc) is 3.38. The third kappa shape index (κ3) is 5.19. The largest absolute Gasteiger partial charge is 0.455 e. The highest BCUT2D eigenvalue weighted by atomic mass is 19.1. The summed E-state index contributed by atoms with van der Waals surface area (Å²) in [6, 6.07) is 17.5.